The Hall–Kier alpha value is -1.43. The third-order valence-corrected chi connectivity index (χ3v) is 2.64. The van der Waals surface area contributed by atoms with Crippen LogP contribution >= 0.6 is 15.9 Å². The maximum absolute atomic E-state index is 12.7. The summed E-state index contributed by atoms with van der Waals surface area (Å²) >= 11 is 3.27. The van der Waals surface area contributed by atoms with E-state index in [4.69, 9.17) is 5.73 Å². The van der Waals surface area contributed by atoms with E-state index in [0.29, 0.717) is 5.69 Å². The quantitative estimate of drug-likeness (QED) is 0.922. The molecule has 16 heavy (non-hydrogen) atoms. The zero-order valence-electron chi connectivity index (χ0n) is 8.07. The molecule has 0 aliphatic carbocycles. The lowest BCUT2D eigenvalue weighted by Gasteiger charge is -2.07. The fourth-order valence-corrected chi connectivity index (χ4v) is 1.64. The minimum absolute atomic E-state index is 0.00193. The summed E-state index contributed by atoms with van der Waals surface area (Å²) in [7, 11) is 0. The van der Waals surface area contributed by atoms with Crippen molar-refractivity contribution in [2.24, 2.45) is 0 Å². The first-order valence-electron chi connectivity index (χ1n) is 4.47. The Morgan fingerprint density at radius 1 is 1.25 bits per heavy atom. The summed E-state index contributed by atoms with van der Waals surface area (Å²) in [5.41, 5.74) is 5.71. The van der Waals surface area contributed by atoms with Crippen molar-refractivity contribution in [2.45, 2.75) is 6.43 Å². The molecule has 0 spiro atoms. The summed E-state index contributed by atoms with van der Waals surface area (Å²) in [6, 6.07) is 6.87. The average Bonchev–Trinajstić information content (AvgIpc) is 2.61. The molecule has 0 radical (unpaired) electrons. The highest BCUT2D eigenvalue weighted by Gasteiger charge is 2.19. The molecule has 0 bridgehead atoms. The second kappa shape index (κ2) is 4.21. The highest BCUT2D eigenvalue weighted by Crippen LogP contribution is 2.27. The number of nitrogens with two attached hydrogens (primary N) is 1. The number of anilines is 1. The van der Waals surface area contributed by atoms with Gasteiger partial charge in [-0.3, -0.25) is 0 Å². The summed E-state index contributed by atoms with van der Waals surface area (Å²) in [6.45, 7) is 0. The zero-order valence-corrected chi connectivity index (χ0v) is 9.66. The molecule has 0 saturated carbocycles. The van der Waals surface area contributed by atoms with Gasteiger partial charge in [0.15, 0.2) is 0 Å². The van der Waals surface area contributed by atoms with Crippen LogP contribution < -0.4 is 5.73 Å². The zero-order chi connectivity index (χ0) is 11.7. The first kappa shape index (κ1) is 11.1. The maximum atomic E-state index is 12.7. The van der Waals surface area contributed by atoms with Crippen molar-refractivity contribution in [3.63, 3.8) is 0 Å². The first-order chi connectivity index (χ1) is 7.59. The molecule has 0 atom stereocenters. The Bertz CT molecular complexity index is 493. The van der Waals surface area contributed by atoms with Crippen molar-refractivity contribution in [3.8, 4) is 5.69 Å². The molecule has 0 aliphatic heterocycles. The lowest BCUT2D eigenvalue weighted by Crippen LogP contribution is -2.04. The predicted molar refractivity (Wildman–Crippen MR) is 60.6 cm³/mol. The molecular weight excluding hydrogens is 280 g/mol. The first-order valence-corrected chi connectivity index (χ1v) is 5.26. The molecule has 3 nitrogen and oxygen atoms in total. The van der Waals surface area contributed by atoms with Crippen LogP contribution in [0.2, 0.25) is 0 Å². The van der Waals surface area contributed by atoms with Gasteiger partial charge < -0.3 is 5.73 Å². The van der Waals surface area contributed by atoms with Gasteiger partial charge in [-0.25, -0.2) is 13.5 Å². The lowest BCUT2D eigenvalue weighted by molar-refractivity contribution is 0.143. The van der Waals surface area contributed by atoms with Gasteiger partial charge in [0, 0.05) is 4.47 Å². The number of rotatable bonds is 2. The van der Waals surface area contributed by atoms with Gasteiger partial charge in [-0.05, 0) is 24.3 Å². The van der Waals surface area contributed by atoms with E-state index in [1.165, 1.54) is 6.20 Å². The number of aromatic nitrogens is 2. The van der Waals surface area contributed by atoms with E-state index in [1.54, 1.807) is 24.3 Å². The third kappa shape index (κ3) is 1.92. The molecular formula is C10H8BrF2N3. The van der Waals surface area contributed by atoms with Crippen LogP contribution in [-0.4, -0.2) is 9.78 Å². The van der Waals surface area contributed by atoms with Crippen molar-refractivity contribution in [2.75, 3.05) is 5.73 Å². The summed E-state index contributed by atoms with van der Waals surface area (Å²) in [6.07, 6.45) is -1.42. The van der Waals surface area contributed by atoms with Crippen molar-refractivity contribution in [3.05, 3.63) is 40.6 Å². The van der Waals surface area contributed by atoms with Gasteiger partial charge in [-0.1, -0.05) is 15.9 Å². The average molecular weight is 288 g/mol. The molecule has 2 aromatic rings. The van der Waals surface area contributed by atoms with Crippen LogP contribution in [0, 0.1) is 0 Å². The number of hydrogen-bond acceptors (Lipinski definition) is 2. The third-order valence-electron chi connectivity index (χ3n) is 2.11. The molecule has 6 heteroatoms. The van der Waals surface area contributed by atoms with Crippen LogP contribution in [0.5, 0.6) is 0 Å². The molecule has 0 aliphatic rings. The molecule has 1 aromatic heterocycles. The van der Waals surface area contributed by atoms with Crippen molar-refractivity contribution in [1.82, 2.24) is 9.78 Å². The molecule has 1 heterocycles. The Labute approximate surface area is 99.0 Å². The molecule has 0 unspecified atom stereocenters. The topological polar surface area (TPSA) is 43.8 Å². The van der Waals surface area contributed by atoms with Crippen LogP contribution in [0.1, 0.15) is 12.1 Å². The number of nitrogens with zero attached hydrogens (tertiary/aromatic N) is 2. The van der Waals surface area contributed by atoms with Crippen LogP contribution in [0.4, 0.5) is 14.5 Å². The number of benzene rings is 1. The van der Waals surface area contributed by atoms with E-state index in [0.717, 1.165) is 9.15 Å². The van der Waals surface area contributed by atoms with E-state index >= 15 is 0 Å². The normalized spacial score (nSPS) is 11.0. The Morgan fingerprint density at radius 2 is 1.88 bits per heavy atom. The maximum Gasteiger partial charge on any atom is 0.282 e. The van der Waals surface area contributed by atoms with Crippen molar-refractivity contribution in [1.29, 1.82) is 0 Å². The number of nitrogen functional groups attached to an aromatic ring is 1. The van der Waals surface area contributed by atoms with Gasteiger partial charge in [-0.15, -0.1) is 0 Å². The number of alkyl halides is 2. The predicted octanol–water partition coefficient (Wildman–Crippen LogP) is 3.15. The van der Waals surface area contributed by atoms with Crippen LogP contribution in [0.25, 0.3) is 5.69 Å². The Balaban J connectivity index is 2.52. The Kier molecular flexibility index (Phi) is 2.91. The monoisotopic (exact) mass is 287 g/mol. The van der Waals surface area contributed by atoms with Gasteiger partial charge in [0.25, 0.3) is 6.43 Å². The molecule has 1 aromatic carbocycles. The fraction of sp³-hybridized carbons (Fsp3) is 0.100. The van der Waals surface area contributed by atoms with Gasteiger partial charge in [-0.2, -0.15) is 5.10 Å². The largest absolute Gasteiger partial charge is 0.396 e. The van der Waals surface area contributed by atoms with Crippen LogP contribution in [0.3, 0.4) is 0 Å². The standard InChI is InChI=1S/C10H8BrF2N3/c11-6-1-3-7(4-2-6)16-9(10(12)13)8(14)5-15-16/h1-5,10H,14H2. The molecule has 84 valence electrons. The van der Waals surface area contributed by atoms with E-state index in [1.807, 2.05) is 0 Å². The highest BCUT2D eigenvalue weighted by molar-refractivity contribution is 9.10. The smallest absolute Gasteiger partial charge is 0.282 e. The summed E-state index contributed by atoms with van der Waals surface area (Å²) in [4.78, 5) is 0. The number of halogens is 3. The number of hydrogen-bond donors (Lipinski definition) is 1. The van der Waals surface area contributed by atoms with E-state index in [9.17, 15) is 8.78 Å². The molecule has 0 fully saturated rings. The minimum atomic E-state index is -2.65. The van der Waals surface area contributed by atoms with Gasteiger partial charge in [0.05, 0.1) is 17.6 Å². The van der Waals surface area contributed by atoms with E-state index in [2.05, 4.69) is 21.0 Å². The minimum Gasteiger partial charge on any atom is -0.396 e. The van der Waals surface area contributed by atoms with E-state index < -0.39 is 6.43 Å². The van der Waals surface area contributed by atoms with E-state index in [-0.39, 0.29) is 11.4 Å². The molecule has 0 saturated heterocycles. The molecule has 2 N–H and O–H groups in total. The van der Waals surface area contributed by atoms with Gasteiger partial charge in [0.1, 0.15) is 5.69 Å². The van der Waals surface area contributed by atoms with Crippen LogP contribution in [-0.2, 0) is 0 Å². The van der Waals surface area contributed by atoms with Crippen molar-refractivity contribution >= 4 is 21.6 Å². The molecule has 0 amide bonds. The van der Waals surface area contributed by atoms with Gasteiger partial charge >= 0.3 is 0 Å². The summed E-state index contributed by atoms with van der Waals surface area (Å²) < 4.78 is 27.5. The second-order valence-electron chi connectivity index (χ2n) is 3.17. The van der Waals surface area contributed by atoms with Gasteiger partial charge in [0.2, 0.25) is 0 Å². The molecule has 2 rings (SSSR count). The van der Waals surface area contributed by atoms with Crippen LogP contribution in [0.15, 0.2) is 34.9 Å². The second-order valence-corrected chi connectivity index (χ2v) is 4.09. The fourth-order valence-electron chi connectivity index (χ4n) is 1.38. The highest BCUT2D eigenvalue weighted by atomic mass is 79.9. The summed E-state index contributed by atoms with van der Waals surface area (Å²) in [5.74, 6) is 0. The van der Waals surface area contributed by atoms with Crippen molar-refractivity contribution < 1.29 is 8.78 Å². The lowest BCUT2D eigenvalue weighted by atomic mass is 10.3. The SMILES string of the molecule is Nc1cnn(-c2ccc(Br)cc2)c1C(F)F. The Morgan fingerprint density at radius 3 is 2.44 bits per heavy atom. The summed E-state index contributed by atoms with van der Waals surface area (Å²) in [5, 5.41) is 3.83.